The molecule has 7 heteroatoms. The molecule has 0 spiro atoms. The number of aromatic amines is 1. The van der Waals surface area contributed by atoms with Gasteiger partial charge in [-0.3, -0.25) is 4.79 Å². The van der Waals surface area contributed by atoms with Gasteiger partial charge in [-0.1, -0.05) is 18.2 Å². The third kappa shape index (κ3) is 2.62. The molecule has 1 aromatic carbocycles. The lowest BCUT2D eigenvalue weighted by molar-refractivity contribution is 0.202. The quantitative estimate of drug-likeness (QED) is 0.761. The summed E-state index contributed by atoms with van der Waals surface area (Å²) in [7, 11) is 0. The first-order chi connectivity index (χ1) is 10.6. The number of rotatable bonds is 4. The van der Waals surface area contributed by atoms with Crippen molar-refractivity contribution in [2.75, 3.05) is 18.9 Å². The summed E-state index contributed by atoms with van der Waals surface area (Å²) in [6.45, 7) is -0.151. The average molecular weight is 296 g/mol. The minimum Gasteiger partial charge on any atom is -0.491 e. The number of nitrogen functional groups attached to an aromatic ring is 1. The Hall–Kier alpha value is -3.29. The Kier molecular flexibility index (Phi) is 4.42. The maximum atomic E-state index is 11.9. The number of hydrogen-bond donors (Lipinski definition) is 3. The molecule has 0 fully saturated rings. The molecule has 2 aromatic rings. The fourth-order valence-corrected chi connectivity index (χ4v) is 2.07. The second-order valence-corrected chi connectivity index (χ2v) is 4.28. The van der Waals surface area contributed by atoms with Crippen molar-refractivity contribution in [1.82, 2.24) is 4.98 Å². The van der Waals surface area contributed by atoms with Crippen molar-refractivity contribution in [1.29, 1.82) is 10.5 Å². The van der Waals surface area contributed by atoms with Gasteiger partial charge in [-0.25, -0.2) is 0 Å². The zero-order chi connectivity index (χ0) is 16.1. The van der Waals surface area contributed by atoms with Crippen LogP contribution in [0.15, 0.2) is 29.1 Å². The SMILES string of the molecule is N#Cc1c(N)[nH]c(=O)c(C#N)c1-c1ccccc1OCCO. The van der Waals surface area contributed by atoms with Crippen LogP contribution in [-0.2, 0) is 0 Å². The van der Waals surface area contributed by atoms with E-state index in [1.807, 2.05) is 6.07 Å². The second kappa shape index (κ2) is 6.44. The molecule has 0 aliphatic rings. The van der Waals surface area contributed by atoms with Gasteiger partial charge in [0.1, 0.15) is 41.4 Å². The van der Waals surface area contributed by atoms with Crippen LogP contribution in [0.5, 0.6) is 5.75 Å². The third-order valence-electron chi connectivity index (χ3n) is 2.97. The third-order valence-corrected chi connectivity index (χ3v) is 2.97. The van der Waals surface area contributed by atoms with Crippen LogP contribution >= 0.6 is 0 Å². The number of aliphatic hydroxyl groups is 1. The number of pyridine rings is 1. The fourth-order valence-electron chi connectivity index (χ4n) is 2.07. The van der Waals surface area contributed by atoms with E-state index in [0.717, 1.165) is 0 Å². The number of aliphatic hydroxyl groups excluding tert-OH is 1. The van der Waals surface area contributed by atoms with Gasteiger partial charge in [0.05, 0.1) is 6.61 Å². The first kappa shape index (κ1) is 15.1. The number of ether oxygens (including phenoxy) is 1. The van der Waals surface area contributed by atoms with Gasteiger partial charge >= 0.3 is 0 Å². The predicted octanol–water partition coefficient (Wildman–Crippen LogP) is 0.739. The summed E-state index contributed by atoms with van der Waals surface area (Å²) in [4.78, 5) is 14.2. The maximum absolute atomic E-state index is 11.9. The Balaban J connectivity index is 2.81. The number of nitriles is 2. The van der Waals surface area contributed by atoms with Crippen LogP contribution in [0.2, 0.25) is 0 Å². The molecule has 22 heavy (non-hydrogen) atoms. The Morgan fingerprint density at radius 1 is 1.23 bits per heavy atom. The zero-order valence-electron chi connectivity index (χ0n) is 11.5. The Morgan fingerprint density at radius 3 is 2.55 bits per heavy atom. The highest BCUT2D eigenvalue weighted by atomic mass is 16.5. The smallest absolute Gasteiger partial charge is 0.268 e. The monoisotopic (exact) mass is 296 g/mol. The summed E-state index contributed by atoms with van der Waals surface area (Å²) >= 11 is 0. The Morgan fingerprint density at radius 2 is 1.91 bits per heavy atom. The summed E-state index contributed by atoms with van der Waals surface area (Å²) in [5.41, 5.74) is 5.30. The molecule has 110 valence electrons. The Labute approximate surface area is 125 Å². The molecule has 0 aliphatic carbocycles. The van der Waals surface area contributed by atoms with Crippen LogP contribution in [0.3, 0.4) is 0 Å². The molecule has 0 amide bonds. The van der Waals surface area contributed by atoms with Crippen LogP contribution < -0.4 is 16.0 Å². The molecule has 1 heterocycles. The van der Waals surface area contributed by atoms with Crippen LogP contribution in [0.4, 0.5) is 5.82 Å². The van der Waals surface area contributed by atoms with Crippen molar-refractivity contribution in [3.8, 4) is 29.0 Å². The molecule has 0 saturated heterocycles. The summed E-state index contributed by atoms with van der Waals surface area (Å²) < 4.78 is 5.40. The topological polar surface area (TPSA) is 136 Å². The van der Waals surface area contributed by atoms with E-state index in [9.17, 15) is 15.3 Å². The van der Waals surface area contributed by atoms with E-state index in [1.54, 1.807) is 30.3 Å². The number of anilines is 1. The first-order valence-corrected chi connectivity index (χ1v) is 6.33. The van der Waals surface area contributed by atoms with E-state index >= 15 is 0 Å². The van der Waals surface area contributed by atoms with Crippen LogP contribution in [-0.4, -0.2) is 23.3 Å². The van der Waals surface area contributed by atoms with Crippen LogP contribution in [0, 0.1) is 22.7 Å². The molecule has 1 aromatic heterocycles. The Bertz CT molecular complexity index is 843. The van der Waals surface area contributed by atoms with Gasteiger partial charge in [-0.05, 0) is 6.07 Å². The fraction of sp³-hybridized carbons (Fsp3) is 0.133. The van der Waals surface area contributed by atoms with Crippen LogP contribution in [0.25, 0.3) is 11.1 Å². The number of para-hydroxylation sites is 1. The summed E-state index contributed by atoms with van der Waals surface area (Å²) in [5.74, 6) is 0.230. The largest absolute Gasteiger partial charge is 0.491 e. The number of H-pyrrole nitrogens is 1. The average Bonchev–Trinajstić information content (AvgIpc) is 2.52. The number of aromatic nitrogens is 1. The molecule has 0 bridgehead atoms. The van der Waals surface area contributed by atoms with E-state index in [4.69, 9.17) is 15.6 Å². The molecular formula is C15H12N4O3. The second-order valence-electron chi connectivity index (χ2n) is 4.28. The van der Waals surface area contributed by atoms with E-state index in [2.05, 4.69) is 4.98 Å². The molecule has 2 rings (SSSR count). The molecule has 0 radical (unpaired) electrons. The van der Waals surface area contributed by atoms with Crippen molar-refractivity contribution in [3.63, 3.8) is 0 Å². The van der Waals surface area contributed by atoms with Gasteiger partial charge in [0.2, 0.25) is 0 Å². The van der Waals surface area contributed by atoms with Crippen LogP contribution in [0.1, 0.15) is 11.1 Å². The first-order valence-electron chi connectivity index (χ1n) is 6.33. The van der Waals surface area contributed by atoms with Gasteiger partial charge in [-0.2, -0.15) is 10.5 Å². The summed E-state index contributed by atoms with van der Waals surface area (Å²) in [6.07, 6.45) is 0. The number of benzene rings is 1. The molecule has 0 unspecified atom stereocenters. The summed E-state index contributed by atoms with van der Waals surface area (Å²) in [6, 6.07) is 10.3. The van der Waals surface area contributed by atoms with Crippen molar-refractivity contribution >= 4 is 5.82 Å². The van der Waals surface area contributed by atoms with Gasteiger partial charge in [0.15, 0.2) is 0 Å². The van der Waals surface area contributed by atoms with Gasteiger partial charge in [-0.15, -0.1) is 0 Å². The van der Waals surface area contributed by atoms with E-state index in [0.29, 0.717) is 11.3 Å². The normalized spacial score (nSPS) is 9.77. The van der Waals surface area contributed by atoms with Crippen molar-refractivity contribution < 1.29 is 9.84 Å². The van der Waals surface area contributed by atoms with E-state index in [-0.39, 0.29) is 35.7 Å². The minimum absolute atomic E-state index is 0.00352. The van der Waals surface area contributed by atoms with Gasteiger partial charge in [0, 0.05) is 11.1 Å². The van der Waals surface area contributed by atoms with Crippen molar-refractivity contribution in [2.45, 2.75) is 0 Å². The standard InChI is InChI=1S/C15H12N4O3/c16-7-10-13(11(8-17)15(21)19-14(10)18)9-3-1-2-4-12(9)22-6-5-20/h1-4,20H,5-6H2,(H3,18,19,21). The number of hydrogen-bond acceptors (Lipinski definition) is 6. The van der Waals surface area contributed by atoms with E-state index in [1.165, 1.54) is 0 Å². The lowest BCUT2D eigenvalue weighted by atomic mass is 9.96. The highest BCUT2D eigenvalue weighted by Gasteiger charge is 2.20. The summed E-state index contributed by atoms with van der Waals surface area (Å²) in [5, 5.41) is 27.4. The molecule has 0 atom stereocenters. The maximum Gasteiger partial charge on any atom is 0.268 e. The number of nitrogens with zero attached hydrogens (tertiary/aromatic N) is 2. The zero-order valence-corrected chi connectivity index (χ0v) is 11.5. The predicted molar refractivity (Wildman–Crippen MR) is 78.9 cm³/mol. The lowest BCUT2D eigenvalue weighted by Crippen LogP contribution is -2.16. The lowest BCUT2D eigenvalue weighted by Gasteiger charge is -2.13. The highest BCUT2D eigenvalue weighted by Crippen LogP contribution is 2.34. The van der Waals surface area contributed by atoms with Crippen molar-refractivity contribution in [2.24, 2.45) is 0 Å². The molecule has 4 N–H and O–H groups in total. The van der Waals surface area contributed by atoms with Gasteiger partial charge < -0.3 is 20.6 Å². The molecule has 0 aliphatic heterocycles. The molecule has 0 saturated carbocycles. The van der Waals surface area contributed by atoms with Crippen molar-refractivity contribution in [3.05, 3.63) is 45.7 Å². The number of nitrogens with two attached hydrogens (primary N) is 1. The number of nitrogens with one attached hydrogen (secondary N) is 1. The minimum atomic E-state index is -0.675. The van der Waals surface area contributed by atoms with Gasteiger partial charge in [0.25, 0.3) is 5.56 Å². The molecule has 7 nitrogen and oxygen atoms in total. The molecular weight excluding hydrogens is 284 g/mol. The highest BCUT2D eigenvalue weighted by molar-refractivity contribution is 5.83. The van der Waals surface area contributed by atoms with E-state index < -0.39 is 5.56 Å².